The molecule has 5 amide bonds. The highest BCUT2D eigenvalue weighted by molar-refractivity contribution is 5.90. The number of ether oxygens (including phenoxy) is 6. The number of likely N-dealkylation sites (N-methyl/N-ethyl adjacent to an activating group) is 2. The maximum absolute atomic E-state index is 14.6. The summed E-state index contributed by atoms with van der Waals surface area (Å²) in [5, 5.41) is 97.5. The molecule has 0 bridgehead atoms. The molecule has 466 valence electrons. The summed E-state index contributed by atoms with van der Waals surface area (Å²) >= 11 is 0. The lowest BCUT2D eigenvalue weighted by atomic mass is 9.89. The number of nitrogens with zero attached hydrogens (tertiary/aromatic N) is 2. The first-order valence-electron chi connectivity index (χ1n) is 28.1. The molecule has 26 nitrogen and oxygen atoms in total. The standard InChI is InChI=1S/C56H92N6O20/c1-14-29(6)43(61(11)53(74)41(28(4)5)60-52(73)40(57-10)27(2)3)37(77-12)23-39(68)62-22-18-21-34(62)47(78-13)30(7)51(72)58-31(8)48(33-19-16-15-17-20-33)80-54-46(71)50(45(70)38(26-64)79-54)82-56(55(75)76)24-35(66)42(59-32(9)65)49(81-56)44(69)36(67)25-63/h15-17,19-20,27-31,34-38,40-43,45-48,50,54,57,63-64,66-67,69-71H,14,18,21-26H2,1-13H3,(H,58,72)(H,59,65)(H,60,73)(H,75,76)/b49-44+. The maximum atomic E-state index is 14.6. The monoisotopic (exact) mass is 1170 g/mol. The number of carboxylic acids is 1. The van der Waals surface area contributed by atoms with Crippen molar-refractivity contribution in [3.63, 3.8) is 0 Å². The summed E-state index contributed by atoms with van der Waals surface area (Å²) in [7, 11) is 6.28. The van der Waals surface area contributed by atoms with Gasteiger partial charge >= 0.3 is 11.8 Å². The molecule has 0 saturated carbocycles. The molecule has 19 unspecified atom stereocenters. The van der Waals surface area contributed by atoms with Gasteiger partial charge in [-0.2, -0.15) is 0 Å². The number of hydrogen-bond acceptors (Lipinski definition) is 20. The number of benzene rings is 1. The Morgan fingerprint density at radius 1 is 0.890 bits per heavy atom. The zero-order valence-electron chi connectivity index (χ0n) is 49.5. The fraction of sp³-hybridized carbons (Fsp3) is 0.750. The van der Waals surface area contributed by atoms with Crippen LogP contribution in [0.2, 0.25) is 0 Å². The molecule has 82 heavy (non-hydrogen) atoms. The smallest absolute Gasteiger partial charge is 0.377 e. The molecule has 0 aliphatic carbocycles. The van der Waals surface area contributed by atoms with Crippen molar-refractivity contribution in [1.29, 1.82) is 0 Å². The van der Waals surface area contributed by atoms with Crippen LogP contribution in [0, 0.1) is 23.7 Å². The van der Waals surface area contributed by atoms with Crippen molar-refractivity contribution in [2.24, 2.45) is 23.7 Å². The molecular weight excluding hydrogens is 1080 g/mol. The Balaban J connectivity index is 1.58. The van der Waals surface area contributed by atoms with Crippen LogP contribution in [-0.4, -0.2) is 231 Å². The molecule has 3 fully saturated rings. The number of methoxy groups -OCH3 is 2. The van der Waals surface area contributed by atoms with Gasteiger partial charge in [0.05, 0.1) is 74.5 Å². The predicted molar refractivity (Wildman–Crippen MR) is 294 cm³/mol. The van der Waals surface area contributed by atoms with Gasteiger partial charge in [-0.15, -0.1) is 0 Å². The number of nitrogens with one attached hydrogen (secondary N) is 4. The summed E-state index contributed by atoms with van der Waals surface area (Å²) in [6, 6.07) is 3.19. The van der Waals surface area contributed by atoms with Gasteiger partial charge in [0.2, 0.25) is 29.5 Å². The summed E-state index contributed by atoms with van der Waals surface area (Å²) in [6.07, 6.45) is -16.0. The molecule has 3 aliphatic heterocycles. The Labute approximate surface area is 480 Å². The lowest BCUT2D eigenvalue weighted by Crippen LogP contribution is -2.66. The van der Waals surface area contributed by atoms with Crippen LogP contribution in [-0.2, 0) is 57.2 Å². The molecule has 19 atom stereocenters. The zero-order valence-corrected chi connectivity index (χ0v) is 49.5. The quantitative estimate of drug-likeness (QED) is 0.0453. The molecule has 0 radical (unpaired) electrons. The van der Waals surface area contributed by atoms with E-state index in [1.807, 2.05) is 41.5 Å². The van der Waals surface area contributed by atoms with Gasteiger partial charge in [-0.3, -0.25) is 24.0 Å². The predicted octanol–water partition coefficient (Wildman–Crippen LogP) is -0.432. The summed E-state index contributed by atoms with van der Waals surface area (Å²) < 4.78 is 35.8. The van der Waals surface area contributed by atoms with Gasteiger partial charge in [-0.25, -0.2) is 4.79 Å². The van der Waals surface area contributed by atoms with Crippen LogP contribution in [0.5, 0.6) is 0 Å². The summed E-state index contributed by atoms with van der Waals surface area (Å²) in [6.45, 7) is 14.1. The average Bonchev–Trinajstić information content (AvgIpc) is 3.97. The number of likely N-dealkylation sites (tertiary alicyclic amines) is 1. The fourth-order valence-electron chi connectivity index (χ4n) is 11.2. The van der Waals surface area contributed by atoms with E-state index in [4.69, 9.17) is 28.4 Å². The molecule has 1 aromatic rings. The van der Waals surface area contributed by atoms with E-state index in [9.17, 15) is 69.6 Å². The van der Waals surface area contributed by atoms with Crippen LogP contribution in [0.25, 0.3) is 0 Å². The minimum atomic E-state index is -3.09. The second kappa shape index (κ2) is 31.2. The van der Waals surface area contributed by atoms with Gasteiger partial charge in [-0.1, -0.05) is 85.2 Å². The zero-order chi connectivity index (χ0) is 61.7. The van der Waals surface area contributed by atoms with E-state index in [2.05, 4.69) is 21.3 Å². The molecular formula is C56H92N6O20. The number of carbonyl (C=O) groups excluding carboxylic acids is 5. The third-order valence-electron chi connectivity index (χ3n) is 16.0. The highest BCUT2D eigenvalue weighted by atomic mass is 16.8. The number of aliphatic hydroxyl groups excluding tert-OH is 7. The van der Waals surface area contributed by atoms with Crippen molar-refractivity contribution in [1.82, 2.24) is 31.1 Å². The van der Waals surface area contributed by atoms with E-state index in [1.54, 1.807) is 68.1 Å². The number of hydrogen-bond donors (Lipinski definition) is 12. The van der Waals surface area contributed by atoms with Crippen LogP contribution in [0.15, 0.2) is 41.9 Å². The second-order valence-corrected chi connectivity index (χ2v) is 22.4. The number of carboxylic acid groups (broad SMARTS) is 1. The molecule has 0 aromatic heterocycles. The van der Waals surface area contributed by atoms with Crippen molar-refractivity contribution < 1.29 is 98.0 Å². The van der Waals surface area contributed by atoms with E-state index in [0.717, 1.165) is 6.92 Å². The molecule has 26 heteroatoms. The van der Waals surface area contributed by atoms with Gasteiger partial charge in [0, 0.05) is 34.7 Å². The number of rotatable bonds is 29. The van der Waals surface area contributed by atoms with Crippen LogP contribution in [0.1, 0.15) is 106 Å². The first-order chi connectivity index (χ1) is 38.6. The lowest BCUT2D eigenvalue weighted by molar-refractivity contribution is -0.356. The lowest BCUT2D eigenvalue weighted by Gasteiger charge is -2.48. The summed E-state index contributed by atoms with van der Waals surface area (Å²) in [5.41, 5.74) is 0.435. The highest BCUT2D eigenvalue weighted by Crippen LogP contribution is 2.40. The van der Waals surface area contributed by atoms with Crippen LogP contribution in [0.3, 0.4) is 0 Å². The average molecular weight is 1170 g/mol. The molecule has 3 saturated heterocycles. The third kappa shape index (κ3) is 16.4. The Morgan fingerprint density at radius 2 is 1.52 bits per heavy atom. The first-order valence-corrected chi connectivity index (χ1v) is 28.1. The van der Waals surface area contributed by atoms with E-state index in [0.29, 0.717) is 31.4 Å². The first kappa shape index (κ1) is 69.4. The third-order valence-corrected chi connectivity index (χ3v) is 16.0. The Bertz CT molecular complexity index is 2300. The fourth-order valence-corrected chi connectivity index (χ4v) is 11.2. The molecule has 1 aromatic carbocycles. The van der Waals surface area contributed by atoms with Gasteiger partial charge in [0.15, 0.2) is 17.8 Å². The number of carbonyl (C=O) groups is 6. The summed E-state index contributed by atoms with van der Waals surface area (Å²) in [4.78, 5) is 85.3. The number of amides is 5. The molecule has 3 heterocycles. The largest absolute Gasteiger partial charge is 0.506 e. The van der Waals surface area contributed by atoms with Crippen LogP contribution < -0.4 is 21.3 Å². The van der Waals surface area contributed by atoms with Crippen LogP contribution >= 0.6 is 0 Å². The maximum Gasteiger partial charge on any atom is 0.377 e. The minimum absolute atomic E-state index is 0.0398. The normalized spacial score (nSPS) is 28.3. The Hall–Kier alpha value is -5.10. The molecule has 3 aliphatic rings. The Morgan fingerprint density at radius 3 is 2.05 bits per heavy atom. The molecule has 4 rings (SSSR count). The van der Waals surface area contributed by atoms with Gasteiger partial charge in [-0.05, 0) is 50.1 Å². The summed E-state index contributed by atoms with van der Waals surface area (Å²) in [5.74, 6) is -10.7. The van der Waals surface area contributed by atoms with E-state index >= 15 is 0 Å². The van der Waals surface area contributed by atoms with Crippen molar-refractivity contribution in [2.75, 3.05) is 48.1 Å². The topological polar surface area (TPSA) is 374 Å². The highest BCUT2D eigenvalue weighted by Gasteiger charge is 2.59. The van der Waals surface area contributed by atoms with Gasteiger partial charge < -0.3 is 100 Å². The minimum Gasteiger partial charge on any atom is -0.506 e. The molecule has 0 spiro atoms. The second-order valence-electron chi connectivity index (χ2n) is 22.4. The van der Waals surface area contributed by atoms with E-state index < -0.39 is 158 Å². The van der Waals surface area contributed by atoms with Gasteiger partial charge in [0.25, 0.3) is 0 Å². The Kier molecular flexibility index (Phi) is 26.4. The van der Waals surface area contributed by atoms with Gasteiger partial charge in [0.1, 0.15) is 48.7 Å². The van der Waals surface area contributed by atoms with Crippen molar-refractivity contribution in [3.8, 4) is 0 Å². The number of aliphatic hydroxyl groups is 7. The van der Waals surface area contributed by atoms with E-state index in [1.165, 1.54) is 14.2 Å². The van der Waals surface area contributed by atoms with Crippen molar-refractivity contribution in [3.05, 3.63) is 47.4 Å². The van der Waals surface area contributed by atoms with Crippen molar-refractivity contribution >= 4 is 35.5 Å². The molecule has 12 N–H and O–H groups in total. The number of aliphatic carboxylic acids is 1. The van der Waals surface area contributed by atoms with E-state index in [-0.39, 0.29) is 41.9 Å². The SMILES string of the molecule is CCC(C)C(C(CC(=O)N1CCCC1C(OC)C(C)C(=O)NC(C)C(OC1OC(CO)C(O)C(OC2(C(=O)O)CC(O)C(NC(C)=O)/C(=C(\O)C(O)CO)O2)C1O)c1ccccc1)OC)N(C)C(=O)C(NC(=O)C(NC)C(C)C)C(C)C. The van der Waals surface area contributed by atoms with Crippen molar-refractivity contribution in [2.45, 2.75) is 198 Å². The van der Waals surface area contributed by atoms with Crippen LogP contribution in [0.4, 0.5) is 0 Å².